The number of hydrogen-bond acceptors (Lipinski definition) is 4. The summed E-state index contributed by atoms with van der Waals surface area (Å²) in [6.45, 7) is 6.63. The van der Waals surface area contributed by atoms with Gasteiger partial charge in [0.25, 0.3) is 0 Å². The Kier molecular flexibility index (Phi) is 3.56. The Labute approximate surface area is 81.4 Å². The van der Waals surface area contributed by atoms with E-state index in [9.17, 15) is 14.4 Å². The molecule has 0 rings (SSSR count). The first-order valence-electron chi connectivity index (χ1n) is 3.85. The van der Waals surface area contributed by atoms with E-state index in [1.165, 1.54) is 6.92 Å². The quantitative estimate of drug-likeness (QED) is 0.529. The van der Waals surface area contributed by atoms with Crippen LogP contribution in [0.1, 0.15) is 20.8 Å². The lowest BCUT2D eigenvalue weighted by molar-refractivity contribution is -0.161. The molecule has 1 unspecified atom stereocenters. The number of ether oxygens (including phenoxy) is 1. The highest BCUT2D eigenvalue weighted by atomic mass is 16.6. The van der Waals surface area contributed by atoms with Crippen LogP contribution < -0.4 is 0 Å². The zero-order chi connectivity index (χ0) is 11.5. The molecule has 0 aromatic heterocycles. The molecular weight excluding hydrogens is 188 g/mol. The van der Waals surface area contributed by atoms with E-state index in [0.29, 0.717) is 0 Å². The Morgan fingerprint density at radius 3 is 1.93 bits per heavy atom. The zero-order valence-electron chi connectivity index (χ0n) is 8.29. The summed E-state index contributed by atoms with van der Waals surface area (Å²) in [5.74, 6) is -2.69. The van der Waals surface area contributed by atoms with E-state index in [1.807, 2.05) is 0 Å². The lowest BCUT2D eigenvalue weighted by Gasteiger charge is -2.25. The van der Waals surface area contributed by atoms with Crippen LogP contribution in [0.4, 0.5) is 0 Å². The summed E-state index contributed by atoms with van der Waals surface area (Å²) in [7, 11) is 0. The highest BCUT2D eigenvalue weighted by molar-refractivity contribution is 6.01. The van der Waals surface area contributed by atoms with Crippen LogP contribution in [0.3, 0.4) is 0 Å². The summed E-state index contributed by atoms with van der Waals surface area (Å²) in [4.78, 5) is 32.4. The van der Waals surface area contributed by atoms with Gasteiger partial charge in [0.2, 0.25) is 0 Å². The second-order valence-corrected chi connectivity index (χ2v) is 2.97. The third-order valence-corrected chi connectivity index (χ3v) is 1.85. The highest BCUT2D eigenvalue weighted by Gasteiger charge is 2.40. The predicted molar refractivity (Wildman–Crippen MR) is 47.6 cm³/mol. The summed E-state index contributed by atoms with van der Waals surface area (Å²) in [6, 6.07) is 0. The summed E-state index contributed by atoms with van der Waals surface area (Å²) >= 11 is 0. The van der Waals surface area contributed by atoms with Gasteiger partial charge in [0, 0.05) is 6.92 Å². The molecular formula is C9H12O5. The van der Waals surface area contributed by atoms with Crippen LogP contribution in [0.5, 0.6) is 0 Å². The molecule has 1 N–H and O–H groups in total. The van der Waals surface area contributed by atoms with Crippen LogP contribution in [-0.2, 0) is 19.1 Å². The van der Waals surface area contributed by atoms with E-state index >= 15 is 0 Å². The highest BCUT2D eigenvalue weighted by Crippen LogP contribution is 2.21. The van der Waals surface area contributed by atoms with Crippen molar-refractivity contribution < 1.29 is 24.2 Å². The molecule has 0 amide bonds. The summed E-state index contributed by atoms with van der Waals surface area (Å²) in [5, 5.41) is 8.64. The molecule has 0 radical (unpaired) electrons. The number of carboxylic acid groups (broad SMARTS) is 1. The number of carboxylic acids is 1. The summed E-state index contributed by atoms with van der Waals surface area (Å²) in [5.41, 5.74) is -2.24. The normalized spacial score (nSPS) is 13.9. The average molecular weight is 200 g/mol. The van der Waals surface area contributed by atoms with E-state index in [-0.39, 0.29) is 0 Å². The van der Waals surface area contributed by atoms with E-state index in [1.54, 1.807) is 0 Å². The standard InChI is InChI=1S/C9H12O5/c1-5(8(12)13)9(4,6(2)10)14-7(3)11/h1H2,2-4H3,(H,12,13). The van der Waals surface area contributed by atoms with Gasteiger partial charge in [-0.05, 0) is 13.8 Å². The first-order chi connectivity index (χ1) is 6.21. The van der Waals surface area contributed by atoms with E-state index < -0.39 is 28.9 Å². The van der Waals surface area contributed by atoms with E-state index in [4.69, 9.17) is 5.11 Å². The fourth-order valence-corrected chi connectivity index (χ4v) is 0.837. The number of rotatable bonds is 4. The minimum absolute atomic E-state index is 0.458. The number of aliphatic carboxylic acids is 1. The van der Waals surface area contributed by atoms with Crippen molar-refractivity contribution in [1.82, 2.24) is 0 Å². The minimum Gasteiger partial charge on any atom is -0.478 e. The second-order valence-electron chi connectivity index (χ2n) is 2.97. The number of carbonyl (C=O) groups excluding carboxylic acids is 2. The van der Waals surface area contributed by atoms with Crippen molar-refractivity contribution in [3.63, 3.8) is 0 Å². The van der Waals surface area contributed by atoms with Gasteiger partial charge >= 0.3 is 11.9 Å². The van der Waals surface area contributed by atoms with Crippen LogP contribution in [0.15, 0.2) is 12.2 Å². The Hall–Kier alpha value is -1.65. The maximum atomic E-state index is 11.1. The zero-order valence-corrected chi connectivity index (χ0v) is 8.29. The molecule has 1 atom stereocenters. The van der Waals surface area contributed by atoms with Crippen LogP contribution in [0.25, 0.3) is 0 Å². The topological polar surface area (TPSA) is 80.7 Å². The Balaban J connectivity index is 5.10. The second kappa shape index (κ2) is 4.04. The van der Waals surface area contributed by atoms with Crippen molar-refractivity contribution in [2.24, 2.45) is 0 Å². The average Bonchev–Trinajstić information content (AvgIpc) is 2.00. The first-order valence-corrected chi connectivity index (χ1v) is 3.85. The van der Waals surface area contributed by atoms with Crippen molar-refractivity contribution in [2.75, 3.05) is 0 Å². The van der Waals surface area contributed by atoms with Crippen molar-refractivity contribution in [2.45, 2.75) is 26.4 Å². The number of ketones is 1. The van der Waals surface area contributed by atoms with Gasteiger partial charge in [-0.3, -0.25) is 9.59 Å². The van der Waals surface area contributed by atoms with E-state index in [0.717, 1.165) is 13.8 Å². The maximum absolute atomic E-state index is 11.1. The lowest BCUT2D eigenvalue weighted by atomic mass is 9.93. The van der Waals surface area contributed by atoms with Gasteiger partial charge in [0.15, 0.2) is 11.4 Å². The van der Waals surface area contributed by atoms with Crippen LogP contribution in [0, 0.1) is 0 Å². The predicted octanol–water partition coefficient (Wildman–Crippen LogP) is 0.538. The fourth-order valence-electron chi connectivity index (χ4n) is 0.837. The summed E-state index contributed by atoms with van der Waals surface area (Å²) in [6.07, 6.45) is 0. The molecule has 0 aliphatic carbocycles. The van der Waals surface area contributed by atoms with E-state index in [2.05, 4.69) is 11.3 Å². The van der Waals surface area contributed by atoms with Gasteiger partial charge in [0.05, 0.1) is 5.57 Å². The largest absolute Gasteiger partial charge is 0.478 e. The van der Waals surface area contributed by atoms with Crippen molar-refractivity contribution in [1.29, 1.82) is 0 Å². The fraction of sp³-hybridized carbons (Fsp3) is 0.444. The van der Waals surface area contributed by atoms with Gasteiger partial charge in [-0.15, -0.1) is 0 Å². The number of esters is 1. The molecule has 0 fully saturated rings. The number of Topliss-reactive ketones (excluding diaryl/α,β-unsaturated/α-hetero) is 1. The molecule has 0 saturated heterocycles. The number of carbonyl (C=O) groups is 3. The van der Waals surface area contributed by atoms with Gasteiger partial charge < -0.3 is 9.84 Å². The smallest absolute Gasteiger partial charge is 0.335 e. The van der Waals surface area contributed by atoms with Crippen LogP contribution in [-0.4, -0.2) is 28.4 Å². The molecule has 0 bridgehead atoms. The molecule has 0 aromatic rings. The van der Waals surface area contributed by atoms with Gasteiger partial charge in [0.1, 0.15) is 0 Å². The molecule has 5 nitrogen and oxygen atoms in total. The third-order valence-electron chi connectivity index (χ3n) is 1.85. The molecule has 0 spiro atoms. The first kappa shape index (κ1) is 12.3. The van der Waals surface area contributed by atoms with Crippen LogP contribution in [0.2, 0.25) is 0 Å². The monoisotopic (exact) mass is 200 g/mol. The van der Waals surface area contributed by atoms with Crippen molar-refractivity contribution in [3.8, 4) is 0 Å². The molecule has 0 heterocycles. The molecule has 0 aliphatic heterocycles. The maximum Gasteiger partial charge on any atom is 0.335 e. The van der Waals surface area contributed by atoms with Gasteiger partial charge in [-0.2, -0.15) is 0 Å². The molecule has 0 aromatic carbocycles. The molecule has 0 aliphatic rings. The third kappa shape index (κ3) is 2.42. The van der Waals surface area contributed by atoms with Crippen LogP contribution >= 0.6 is 0 Å². The molecule has 5 heteroatoms. The lowest BCUT2D eigenvalue weighted by Crippen LogP contribution is -2.42. The van der Waals surface area contributed by atoms with Gasteiger partial charge in [-0.25, -0.2) is 4.79 Å². The van der Waals surface area contributed by atoms with Gasteiger partial charge in [-0.1, -0.05) is 6.58 Å². The molecule has 0 saturated carbocycles. The SMILES string of the molecule is C=C(C(=O)O)C(C)(OC(C)=O)C(C)=O. The Bertz CT molecular complexity index is 304. The Morgan fingerprint density at radius 2 is 1.71 bits per heavy atom. The molecule has 14 heavy (non-hydrogen) atoms. The Morgan fingerprint density at radius 1 is 1.29 bits per heavy atom. The molecule has 78 valence electrons. The minimum atomic E-state index is -1.78. The summed E-state index contributed by atoms with van der Waals surface area (Å²) < 4.78 is 4.65. The van der Waals surface area contributed by atoms with Crippen molar-refractivity contribution >= 4 is 17.7 Å². The van der Waals surface area contributed by atoms with Crippen molar-refractivity contribution in [3.05, 3.63) is 12.2 Å². The number of hydrogen-bond donors (Lipinski definition) is 1.